The number of ketones is 2. The van der Waals surface area contributed by atoms with Crippen LogP contribution in [0.1, 0.15) is 102 Å². The Kier molecular flexibility index (Phi) is 17.8. The molecule has 5 rings (SSSR count). The number of carbonyl (C=O) groups excluding carboxylic acids is 4. The fourth-order valence-electron chi connectivity index (χ4n) is 6.01. The highest BCUT2D eigenvalue weighted by molar-refractivity contribution is 7.21. The van der Waals surface area contributed by atoms with Crippen LogP contribution in [0.15, 0.2) is 36.4 Å². The highest BCUT2D eigenvalue weighted by Gasteiger charge is 2.18. The zero-order chi connectivity index (χ0) is 38.9. The van der Waals surface area contributed by atoms with Gasteiger partial charge in [0.25, 0.3) is 0 Å². The van der Waals surface area contributed by atoms with E-state index in [9.17, 15) is 19.2 Å². The molecule has 13 heteroatoms. The first-order valence-electron chi connectivity index (χ1n) is 18.6. The molecule has 2 aromatic carbocycles. The molecule has 1 fully saturated rings. The highest BCUT2D eigenvalue weighted by Crippen LogP contribution is 2.35. The number of Topliss-reactive ketones (excluding diaryl/α,β-unsaturated/α-hetero) is 2. The minimum atomic E-state index is -0.347. The number of ether oxygens (including phenoxy) is 6. The lowest BCUT2D eigenvalue weighted by Gasteiger charge is -2.22. The Labute approximate surface area is 324 Å². The van der Waals surface area contributed by atoms with Crippen LogP contribution in [0, 0.1) is 0 Å². The van der Waals surface area contributed by atoms with E-state index in [2.05, 4.69) is 6.07 Å². The molecule has 0 bridgehead atoms. The molecule has 0 aliphatic carbocycles. The maximum absolute atomic E-state index is 12.5. The fourth-order valence-corrected chi connectivity index (χ4v) is 8.09. The SMILES string of the molecule is CCOC(=O)CCC(=O)c1cc2cc(CCCO)c(OC)cc2s1.CCOC(=O)CCC(=O)c1cc2cc(CCCOC3CCCCO3)c(OC)cc2s1. The second-order valence-electron chi connectivity index (χ2n) is 12.7. The lowest BCUT2D eigenvalue weighted by atomic mass is 10.1. The van der Waals surface area contributed by atoms with Gasteiger partial charge in [-0.2, -0.15) is 0 Å². The number of thiophene rings is 2. The summed E-state index contributed by atoms with van der Waals surface area (Å²) < 4.78 is 34.1. The summed E-state index contributed by atoms with van der Waals surface area (Å²) in [5, 5.41) is 11.0. The predicted octanol–water partition coefficient (Wildman–Crippen LogP) is 8.27. The summed E-state index contributed by atoms with van der Waals surface area (Å²) >= 11 is 2.83. The largest absolute Gasteiger partial charge is 0.496 e. The summed E-state index contributed by atoms with van der Waals surface area (Å²) in [6.45, 7) is 5.72. The van der Waals surface area contributed by atoms with Crippen molar-refractivity contribution in [2.45, 2.75) is 90.8 Å². The van der Waals surface area contributed by atoms with E-state index in [0.717, 1.165) is 87.9 Å². The van der Waals surface area contributed by atoms with Gasteiger partial charge in [-0.15, -0.1) is 22.7 Å². The number of rotatable bonds is 20. The Morgan fingerprint density at radius 1 is 0.722 bits per heavy atom. The number of methoxy groups -OCH3 is 2. The molecular weight excluding hydrogens is 733 g/mol. The number of benzene rings is 2. The molecule has 1 unspecified atom stereocenters. The van der Waals surface area contributed by atoms with Crippen molar-refractivity contribution in [1.82, 2.24) is 0 Å². The minimum Gasteiger partial charge on any atom is -0.496 e. The van der Waals surface area contributed by atoms with Gasteiger partial charge in [-0.05, 0) is 117 Å². The van der Waals surface area contributed by atoms with Crippen molar-refractivity contribution < 1.29 is 52.7 Å². The van der Waals surface area contributed by atoms with Crippen LogP contribution in [0.3, 0.4) is 0 Å². The zero-order valence-electron chi connectivity index (χ0n) is 31.7. The van der Waals surface area contributed by atoms with Crippen LogP contribution in [0.25, 0.3) is 20.2 Å². The van der Waals surface area contributed by atoms with Gasteiger partial charge in [-0.3, -0.25) is 19.2 Å². The van der Waals surface area contributed by atoms with Crippen LogP contribution in [-0.4, -0.2) is 82.2 Å². The Balaban J connectivity index is 0.000000247. The van der Waals surface area contributed by atoms with Crippen LogP contribution < -0.4 is 9.47 Å². The molecule has 0 spiro atoms. The van der Waals surface area contributed by atoms with Crippen LogP contribution in [0.4, 0.5) is 0 Å². The molecule has 0 amide bonds. The fraction of sp³-hybridized carbons (Fsp3) is 0.512. The number of hydrogen-bond donors (Lipinski definition) is 1. The number of aliphatic hydroxyl groups is 1. The second-order valence-corrected chi connectivity index (χ2v) is 14.8. The lowest BCUT2D eigenvalue weighted by Crippen LogP contribution is -2.22. The van der Waals surface area contributed by atoms with E-state index in [4.69, 9.17) is 33.5 Å². The van der Waals surface area contributed by atoms with E-state index in [1.165, 1.54) is 22.7 Å². The van der Waals surface area contributed by atoms with E-state index >= 15 is 0 Å². The molecule has 0 radical (unpaired) electrons. The van der Waals surface area contributed by atoms with Gasteiger partial charge in [0.2, 0.25) is 0 Å². The van der Waals surface area contributed by atoms with Gasteiger partial charge in [0.1, 0.15) is 11.5 Å². The third-order valence-corrected chi connectivity index (χ3v) is 11.0. The van der Waals surface area contributed by atoms with Gasteiger partial charge in [0, 0.05) is 35.5 Å². The molecule has 1 aliphatic heterocycles. The molecule has 2 aromatic heterocycles. The van der Waals surface area contributed by atoms with Crippen LogP contribution in [0.5, 0.6) is 11.5 Å². The van der Waals surface area contributed by atoms with Crippen molar-refractivity contribution in [3.8, 4) is 11.5 Å². The van der Waals surface area contributed by atoms with Crippen molar-refractivity contribution in [3.05, 3.63) is 57.3 Å². The van der Waals surface area contributed by atoms with Crippen LogP contribution in [0.2, 0.25) is 0 Å². The summed E-state index contributed by atoms with van der Waals surface area (Å²) in [4.78, 5) is 48.9. The molecular formula is C41H52O11S2. The van der Waals surface area contributed by atoms with Crippen molar-refractivity contribution >= 4 is 66.4 Å². The Morgan fingerprint density at radius 2 is 1.24 bits per heavy atom. The van der Waals surface area contributed by atoms with E-state index in [-0.39, 0.29) is 62.1 Å². The van der Waals surface area contributed by atoms with Crippen molar-refractivity contribution in [3.63, 3.8) is 0 Å². The van der Waals surface area contributed by atoms with E-state index in [1.54, 1.807) is 28.1 Å². The lowest BCUT2D eigenvalue weighted by molar-refractivity contribution is -0.162. The molecule has 54 heavy (non-hydrogen) atoms. The molecule has 1 atom stereocenters. The summed E-state index contributed by atoms with van der Waals surface area (Å²) in [6.07, 6.45) is 6.79. The summed E-state index contributed by atoms with van der Waals surface area (Å²) in [6, 6.07) is 11.8. The first-order valence-corrected chi connectivity index (χ1v) is 20.2. The molecule has 11 nitrogen and oxygen atoms in total. The quantitative estimate of drug-likeness (QED) is 0.0525. The average Bonchev–Trinajstić information content (AvgIpc) is 3.80. The topological polar surface area (TPSA) is 144 Å². The molecule has 1 N–H and O–H groups in total. The van der Waals surface area contributed by atoms with Crippen molar-refractivity contribution in [2.75, 3.05) is 47.3 Å². The molecule has 1 aliphatic rings. The highest BCUT2D eigenvalue weighted by atomic mass is 32.1. The summed E-state index contributed by atoms with van der Waals surface area (Å²) in [5.74, 6) is 0.814. The van der Waals surface area contributed by atoms with Crippen LogP contribution >= 0.6 is 22.7 Å². The Hall–Kier alpha value is -3.88. The monoisotopic (exact) mass is 784 g/mol. The third kappa shape index (κ3) is 12.9. The van der Waals surface area contributed by atoms with Gasteiger partial charge < -0.3 is 33.5 Å². The number of fused-ring (bicyclic) bond motifs is 2. The third-order valence-electron chi connectivity index (χ3n) is 8.75. The number of carbonyl (C=O) groups is 4. The molecule has 1 saturated heterocycles. The van der Waals surface area contributed by atoms with Crippen molar-refractivity contribution in [1.29, 1.82) is 0 Å². The van der Waals surface area contributed by atoms with E-state index < -0.39 is 0 Å². The molecule has 4 aromatic rings. The van der Waals surface area contributed by atoms with Crippen LogP contribution in [-0.2, 0) is 41.4 Å². The van der Waals surface area contributed by atoms with Gasteiger partial charge in [0.15, 0.2) is 17.9 Å². The Bertz CT molecular complexity index is 1840. The summed E-state index contributed by atoms with van der Waals surface area (Å²) in [7, 11) is 3.28. The number of esters is 2. The predicted molar refractivity (Wildman–Crippen MR) is 210 cm³/mol. The zero-order valence-corrected chi connectivity index (χ0v) is 33.3. The first kappa shape index (κ1) is 42.9. The van der Waals surface area contributed by atoms with Gasteiger partial charge >= 0.3 is 11.9 Å². The normalized spacial score (nSPS) is 14.0. The smallest absolute Gasteiger partial charge is 0.306 e. The second kappa shape index (κ2) is 22.5. The number of aryl methyl sites for hydroxylation is 2. The average molecular weight is 785 g/mol. The van der Waals surface area contributed by atoms with E-state index in [0.29, 0.717) is 36.0 Å². The molecule has 294 valence electrons. The van der Waals surface area contributed by atoms with Gasteiger partial charge in [-0.25, -0.2) is 0 Å². The maximum atomic E-state index is 12.5. The van der Waals surface area contributed by atoms with Gasteiger partial charge in [0.05, 0.1) is 56.6 Å². The number of aliphatic hydroxyl groups excluding tert-OH is 1. The Morgan fingerprint density at radius 3 is 1.69 bits per heavy atom. The molecule has 0 saturated carbocycles. The summed E-state index contributed by atoms with van der Waals surface area (Å²) in [5.41, 5.74) is 2.11. The first-order chi connectivity index (χ1) is 26.2. The maximum Gasteiger partial charge on any atom is 0.306 e. The standard InChI is InChI=1S/C23H30O6S.C18H22O5S/c1-3-27-22(25)10-9-18(24)21-14-17-13-16(19(26-2)15-20(17)30-21)7-6-12-29-23-8-4-5-11-28-23;1-3-23-18(21)7-6-14(20)17-10-13-9-12(5-4-8-19)15(22-2)11-16(13)24-17/h13-15,23H,3-12H2,1-2H3;9-11,19H,3-8H2,1-2H3. The van der Waals surface area contributed by atoms with Crippen molar-refractivity contribution in [2.24, 2.45) is 0 Å². The van der Waals surface area contributed by atoms with Gasteiger partial charge in [-0.1, -0.05) is 0 Å². The number of hydrogen-bond acceptors (Lipinski definition) is 13. The minimum absolute atomic E-state index is 0.0364. The molecule has 3 heterocycles. The van der Waals surface area contributed by atoms with E-state index in [1.807, 2.05) is 30.3 Å².